The third-order valence-electron chi connectivity index (χ3n) is 13.7. The van der Waals surface area contributed by atoms with Gasteiger partial charge in [-0.1, -0.05) is 38.8 Å². The van der Waals surface area contributed by atoms with E-state index in [1.54, 1.807) is 12.1 Å². The van der Waals surface area contributed by atoms with Crippen LogP contribution in [0.5, 0.6) is 11.5 Å². The van der Waals surface area contributed by atoms with E-state index in [1.807, 2.05) is 32.0 Å². The maximum absolute atomic E-state index is 11.9. The van der Waals surface area contributed by atoms with Crippen LogP contribution in [0.4, 0.5) is 0 Å². The lowest BCUT2D eigenvalue weighted by Crippen LogP contribution is -2.36. The first-order chi connectivity index (χ1) is 30.6. The van der Waals surface area contributed by atoms with Gasteiger partial charge in [0.1, 0.15) is 11.5 Å². The molecule has 0 amide bonds. The minimum atomic E-state index is -0.0595. The van der Waals surface area contributed by atoms with Crippen LogP contribution in [0, 0.1) is 23.7 Å². The molecule has 0 atom stereocenters. The van der Waals surface area contributed by atoms with Crippen molar-refractivity contribution in [3.8, 4) is 11.5 Å². The van der Waals surface area contributed by atoms with Crippen molar-refractivity contribution in [2.24, 2.45) is 23.7 Å². The molecule has 0 bridgehead atoms. The smallest absolute Gasteiger partial charge is 0.309 e. The summed E-state index contributed by atoms with van der Waals surface area (Å²) in [6.07, 6.45) is 15.9. The van der Waals surface area contributed by atoms with Crippen LogP contribution in [0.3, 0.4) is 0 Å². The second kappa shape index (κ2) is 24.7. The maximum atomic E-state index is 11.9. The number of carbonyl (C=O) groups is 2. The Morgan fingerprint density at radius 1 is 0.587 bits per heavy atom. The van der Waals surface area contributed by atoms with Crippen molar-refractivity contribution in [1.82, 2.24) is 19.8 Å². The number of hydrogen-bond donors (Lipinski definition) is 2. The van der Waals surface area contributed by atoms with Crippen LogP contribution in [0.25, 0.3) is 21.8 Å². The van der Waals surface area contributed by atoms with Crippen LogP contribution < -0.4 is 4.74 Å². The third kappa shape index (κ3) is 14.9. The van der Waals surface area contributed by atoms with Crippen LogP contribution in [0.15, 0.2) is 60.7 Å². The highest BCUT2D eigenvalue weighted by molar-refractivity contribution is 5.81. The highest BCUT2D eigenvalue weighted by Crippen LogP contribution is 2.31. The molecule has 4 aromatic rings. The number of piperidine rings is 2. The van der Waals surface area contributed by atoms with Gasteiger partial charge in [-0.3, -0.25) is 29.4 Å². The summed E-state index contributed by atoms with van der Waals surface area (Å²) in [6.45, 7) is 14.4. The van der Waals surface area contributed by atoms with Crippen molar-refractivity contribution in [2.45, 2.75) is 143 Å². The number of phenols is 1. The largest absolute Gasteiger partial charge is 0.508 e. The van der Waals surface area contributed by atoms with Gasteiger partial charge in [-0.25, -0.2) is 0 Å². The third-order valence-corrected chi connectivity index (χ3v) is 13.7. The van der Waals surface area contributed by atoms with Crippen molar-refractivity contribution >= 4 is 33.7 Å². The number of aromatic hydroxyl groups is 1. The molecule has 0 unspecified atom stereocenters. The SMILES string of the molecule is CCC1CCC(O)CC1.CCOC(=O)C1CCN(Cc2ccc3cc(O)ccc3n2)CC1.CCOC(=O)C1CCN(Cc2ccc3cc(OC4CCC(CC)CC4)ccc3n2)CC1. The van der Waals surface area contributed by atoms with Gasteiger partial charge < -0.3 is 24.4 Å². The number of carbonyl (C=O) groups excluding carboxylic acids is 2. The van der Waals surface area contributed by atoms with Crippen molar-refractivity contribution in [1.29, 1.82) is 0 Å². The van der Waals surface area contributed by atoms with E-state index in [2.05, 4.69) is 59.0 Å². The Bertz CT molecular complexity index is 2010. The molecule has 63 heavy (non-hydrogen) atoms. The molecular formula is C52H74N4O7. The fourth-order valence-electron chi connectivity index (χ4n) is 9.59. The lowest BCUT2D eigenvalue weighted by atomic mass is 9.86. The number of phenolic OH excluding ortho intramolecular Hbond substituents is 1. The molecule has 4 fully saturated rings. The van der Waals surface area contributed by atoms with Crippen molar-refractivity contribution < 1.29 is 34.0 Å². The van der Waals surface area contributed by atoms with Gasteiger partial charge in [0.05, 0.1) is 59.7 Å². The summed E-state index contributed by atoms with van der Waals surface area (Å²) in [5.41, 5.74) is 3.99. The van der Waals surface area contributed by atoms with Gasteiger partial charge >= 0.3 is 11.9 Å². The lowest BCUT2D eigenvalue weighted by Gasteiger charge is -2.30. The molecule has 11 heteroatoms. The van der Waals surface area contributed by atoms with Crippen molar-refractivity contribution in [2.75, 3.05) is 39.4 Å². The minimum Gasteiger partial charge on any atom is -0.508 e. The molecular weight excluding hydrogens is 793 g/mol. The quantitative estimate of drug-likeness (QED) is 0.132. The molecule has 2 aromatic heterocycles. The first-order valence-electron chi connectivity index (χ1n) is 24.2. The molecule has 2 aliphatic heterocycles. The first kappa shape index (κ1) is 48.1. The average Bonchev–Trinajstić information content (AvgIpc) is 3.31. The summed E-state index contributed by atoms with van der Waals surface area (Å²) < 4.78 is 16.6. The highest BCUT2D eigenvalue weighted by atomic mass is 16.5. The summed E-state index contributed by atoms with van der Waals surface area (Å²) in [5, 5.41) is 20.7. The molecule has 0 radical (unpaired) electrons. The molecule has 2 aliphatic carbocycles. The minimum absolute atomic E-state index is 0.0211. The molecule has 2 aromatic carbocycles. The maximum Gasteiger partial charge on any atom is 0.309 e. The predicted molar refractivity (Wildman–Crippen MR) is 249 cm³/mol. The predicted octanol–water partition coefficient (Wildman–Crippen LogP) is 10.0. The highest BCUT2D eigenvalue weighted by Gasteiger charge is 2.28. The number of hydrogen-bond acceptors (Lipinski definition) is 11. The van der Waals surface area contributed by atoms with Gasteiger partial charge in [0.15, 0.2) is 0 Å². The van der Waals surface area contributed by atoms with Gasteiger partial charge in [-0.15, -0.1) is 0 Å². The van der Waals surface area contributed by atoms with Gasteiger partial charge in [-0.2, -0.15) is 0 Å². The number of esters is 2. The number of likely N-dealkylation sites (tertiary alicyclic amines) is 2. The Morgan fingerprint density at radius 3 is 1.52 bits per heavy atom. The van der Waals surface area contributed by atoms with Gasteiger partial charge in [-0.05, 0) is 177 Å². The van der Waals surface area contributed by atoms with Gasteiger partial charge in [0, 0.05) is 23.9 Å². The summed E-state index contributed by atoms with van der Waals surface area (Å²) in [6, 6.07) is 19.8. The molecule has 4 heterocycles. The van der Waals surface area contributed by atoms with Crippen molar-refractivity contribution in [3.05, 3.63) is 72.1 Å². The second-order valence-electron chi connectivity index (χ2n) is 18.2. The zero-order valence-corrected chi connectivity index (χ0v) is 38.5. The topological polar surface area (TPSA) is 135 Å². The number of pyridine rings is 2. The van der Waals surface area contributed by atoms with E-state index in [1.165, 1.54) is 51.4 Å². The molecule has 8 rings (SSSR count). The zero-order valence-electron chi connectivity index (χ0n) is 38.5. The van der Waals surface area contributed by atoms with E-state index >= 15 is 0 Å². The van der Waals surface area contributed by atoms with Crippen molar-refractivity contribution in [3.63, 3.8) is 0 Å². The Balaban J connectivity index is 0.000000180. The number of nitrogens with zero attached hydrogens (tertiary/aromatic N) is 4. The number of aliphatic hydroxyl groups excluding tert-OH is 1. The Labute approximate surface area is 375 Å². The summed E-state index contributed by atoms with van der Waals surface area (Å²) >= 11 is 0. The van der Waals surface area contributed by atoms with Crippen LogP contribution in [0.2, 0.25) is 0 Å². The Hall–Kier alpha value is -4.32. The molecule has 11 nitrogen and oxygen atoms in total. The molecule has 2 N–H and O–H groups in total. The van der Waals surface area contributed by atoms with Gasteiger partial charge in [0.2, 0.25) is 0 Å². The fraction of sp³-hybridized carbons (Fsp3) is 0.615. The number of benzene rings is 2. The molecule has 2 saturated heterocycles. The average molecular weight is 867 g/mol. The monoisotopic (exact) mass is 867 g/mol. The van der Waals surface area contributed by atoms with Crippen LogP contribution in [-0.4, -0.2) is 93.5 Å². The van der Waals surface area contributed by atoms with E-state index in [4.69, 9.17) is 24.3 Å². The zero-order chi connectivity index (χ0) is 44.6. The number of aromatic nitrogens is 2. The van der Waals surface area contributed by atoms with E-state index in [0.29, 0.717) is 19.3 Å². The standard InChI is InChI=1S/C26H36N2O3.C18H22N2O3.C8H16O/c1-3-19-5-9-23(10-6-19)31-24-11-12-25-21(17-24)7-8-22(27-25)18-28-15-13-20(14-16-28)26(29)30-4-2;1-2-23-18(22)13-7-9-20(10-8-13)12-15-4-3-14-11-16(21)5-6-17(14)19-15;1-2-7-3-5-8(9)6-4-7/h7-8,11-12,17,19-20,23H,3-6,9-10,13-16,18H2,1-2H3;3-6,11,13,21H,2,7-10,12H2,1H3;7-9H,2-6H2,1H3. The normalized spacial score (nSPS) is 22.6. The van der Waals surface area contributed by atoms with Gasteiger partial charge in [0.25, 0.3) is 0 Å². The molecule has 0 spiro atoms. The summed E-state index contributed by atoms with van der Waals surface area (Å²) in [7, 11) is 0. The molecule has 2 saturated carbocycles. The summed E-state index contributed by atoms with van der Waals surface area (Å²) in [5.74, 6) is 3.01. The van der Waals surface area contributed by atoms with E-state index < -0.39 is 0 Å². The fourth-order valence-corrected chi connectivity index (χ4v) is 9.59. The number of fused-ring (bicyclic) bond motifs is 2. The van der Waals surface area contributed by atoms with E-state index in [9.17, 15) is 14.7 Å². The molecule has 4 aliphatic rings. The Morgan fingerprint density at radius 2 is 1.05 bits per heavy atom. The number of rotatable bonds is 12. The van der Waals surface area contributed by atoms with Crippen LogP contribution in [0.1, 0.15) is 129 Å². The lowest BCUT2D eigenvalue weighted by molar-refractivity contribution is -0.150. The van der Waals surface area contributed by atoms with Crippen LogP contribution in [-0.2, 0) is 32.2 Å². The van der Waals surface area contributed by atoms with Crippen LogP contribution >= 0.6 is 0 Å². The van der Waals surface area contributed by atoms with E-state index in [-0.39, 0.29) is 35.6 Å². The first-order valence-corrected chi connectivity index (χ1v) is 24.2. The summed E-state index contributed by atoms with van der Waals surface area (Å²) in [4.78, 5) is 37.9. The molecule has 344 valence electrons. The number of aliphatic hydroxyl groups is 1. The Kier molecular flexibility index (Phi) is 18.8. The van der Waals surface area contributed by atoms with E-state index in [0.717, 1.165) is 129 Å². The number of ether oxygens (including phenoxy) is 3. The second-order valence-corrected chi connectivity index (χ2v) is 18.2.